The van der Waals surface area contributed by atoms with Gasteiger partial charge in [-0.05, 0) is 57.6 Å². The maximum absolute atomic E-state index is 6.40. The topological polar surface area (TPSA) is 21.3 Å². The van der Waals surface area contributed by atoms with E-state index in [1.54, 1.807) is 0 Å². The predicted molar refractivity (Wildman–Crippen MR) is 85.0 cm³/mol. The van der Waals surface area contributed by atoms with Crippen LogP contribution in [0.5, 0.6) is 0 Å². The van der Waals surface area contributed by atoms with Crippen molar-refractivity contribution in [3.05, 3.63) is 35.4 Å². The Balaban J connectivity index is 1.98. The summed E-state index contributed by atoms with van der Waals surface area (Å²) in [5, 5.41) is 3.56. The summed E-state index contributed by atoms with van der Waals surface area (Å²) in [7, 11) is 0. The number of hydrogen-bond acceptors (Lipinski definition) is 2. The quantitative estimate of drug-likeness (QED) is 0.867. The van der Waals surface area contributed by atoms with Gasteiger partial charge < -0.3 is 10.1 Å². The van der Waals surface area contributed by atoms with Gasteiger partial charge in [0.1, 0.15) is 0 Å². The van der Waals surface area contributed by atoms with Crippen molar-refractivity contribution in [3.8, 4) is 0 Å². The highest BCUT2D eigenvalue weighted by atomic mass is 16.5. The van der Waals surface area contributed by atoms with Crippen LogP contribution in [-0.4, -0.2) is 18.2 Å². The molecule has 2 rings (SSSR count). The van der Waals surface area contributed by atoms with Crippen molar-refractivity contribution in [2.75, 3.05) is 6.54 Å². The van der Waals surface area contributed by atoms with Crippen LogP contribution in [-0.2, 0) is 11.2 Å². The van der Waals surface area contributed by atoms with E-state index < -0.39 is 0 Å². The van der Waals surface area contributed by atoms with E-state index in [0.29, 0.717) is 6.10 Å². The van der Waals surface area contributed by atoms with E-state index in [1.807, 2.05) is 0 Å². The lowest BCUT2D eigenvalue weighted by Gasteiger charge is -2.31. The van der Waals surface area contributed by atoms with E-state index in [0.717, 1.165) is 19.4 Å². The fourth-order valence-corrected chi connectivity index (χ4v) is 2.79. The summed E-state index contributed by atoms with van der Waals surface area (Å²) in [4.78, 5) is 0. The lowest BCUT2D eigenvalue weighted by Crippen LogP contribution is -2.41. The third-order valence-corrected chi connectivity index (χ3v) is 3.99. The standard InChI is InChI=1S/C18H29NO/c1-5-15(13-19-18(2,3)4)20-17-12-8-10-14-9-6-7-11-16(14)17/h6-7,9,11,15,17,19H,5,8,10,12-13H2,1-4H3. The van der Waals surface area contributed by atoms with Crippen molar-refractivity contribution < 1.29 is 4.74 Å². The van der Waals surface area contributed by atoms with Crippen molar-refractivity contribution in [2.45, 2.75) is 71.1 Å². The Morgan fingerprint density at radius 1 is 1.30 bits per heavy atom. The molecule has 2 atom stereocenters. The van der Waals surface area contributed by atoms with Crippen LogP contribution in [0.2, 0.25) is 0 Å². The molecule has 20 heavy (non-hydrogen) atoms. The highest BCUT2D eigenvalue weighted by Crippen LogP contribution is 2.33. The van der Waals surface area contributed by atoms with Crippen LogP contribution < -0.4 is 5.32 Å². The number of ether oxygens (including phenoxy) is 1. The van der Waals surface area contributed by atoms with Crippen LogP contribution in [0.3, 0.4) is 0 Å². The average Bonchev–Trinajstić information content (AvgIpc) is 2.42. The SMILES string of the molecule is CCC(CNC(C)(C)C)OC1CCCc2ccccc21. The van der Waals surface area contributed by atoms with Crippen LogP contribution in [0.15, 0.2) is 24.3 Å². The molecule has 0 saturated carbocycles. The van der Waals surface area contributed by atoms with Crippen molar-refractivity contribution in [1.29, 1.82) is 0 Å². The van der Waals surface area contributed by atoms with Gasteiger partial charge in [-0.1, -0.05) is 31.2 Å². The first-order valence-electron chi connectivity index (χ1n) is 7.98. The molecule has 1 aromatic carbocycles. The van der Waals surface area contributed by atoms with E-state index in [1.165, 1.54) is 24.0 Å². The van der Waals surface area contributed by atoms with E-state index in [4.69, 9.17) is 4.74 Å². The zero-order valence-electron chi connectivity index (χ0n) is 13.4. The summed E-state index contributed by atoms with van der Waals surface area (Å²) in [6.07, 6.45) is 5.24. The Kier molecular flexibility index (Phi) is 5.22. The summed E-state index contributed by atoms with van der Waals surface area (Å²) < 4.78 is 6.40. The summed E-state index contributed by atoms with van der Waals surface area (Å²) in [6, 6.07) is 8.76. The molecule has 0 aromatic heterocycles. The van der Waals surface area contributed by atoms with Gasteiger partial charge in [0.15, 0.2) is 0 Å². The van der Waals surface area contributed by atoms with Crippen LogP contribution in [0, 0.1) is 0 Å². The second-order valence-corrected chi connectivity index (χ2v) is 6.88. The lowest BCUT2D eigenvalue weighted by molar-refractivity contribution is -0.0253. The molecule has 0 bridgehead atoms. The van der Waals surface area contributed by atoms with Crippen molar-refractivity contribution in [3.63, 3.8) is 0 Å². The van der Waals surface area contributed by atoms with Gasteiger partial charge in [-0.3, -0.25) is 0 Å². The molecule has 0 spiro atoms. The molecule has 0 amide bonds. The molecule has 0 saturated heterocycles. The number of fused-ring (bicyclic) bond motifs is 1. The van der Waals surface area contributed by atoms with E-state index in [9.17, 15) is 0 Å². The molecule has 1 aliphatic carbocycles. The minimum Gasteiger partial charge on any atom is -0.369 e. The maximum atomic E-state index is 6.40. The lowest BCUT2D eigenvalue weighted by atomic mass is 9.89. The maximum Gasteiger partial charge on any atom is 0.0832 e. The smallest absolute Gasteiger partial charge is 0.0832 e. The Morgan fingerprint density at radius 2 is 2.05 bits per heavy atom. The van der Waals surface area contributed by atoms with Gasteiger partial charge in [0.05, 0.1) is 12.2 Å². The van der Waals surface area contributed by atoms with Crippen LogP contribution in [0.4, 0.5) is 0 Å². The van der Waals surface area contributed by atoms with Gasteiger partial charge >= 0.3 is 0 Å². The van der Waals surface area contributed by atoms with Gasteiger partial charge in [0.25, 0.3) is 0 Å². The monoisotopic (exact) mass is 275 g/mol. The van der Waals surface area contributed by atoms with Crippen molar-refractivity contribution in [1.82, 2.24) is 5.32 Å². The van der Waals surface area contributed by atoms with E-state index in [2.05, 4.69) is 57.3 Å². The van der Waals surface area contributed by atoms with Crippen molar-refractivity contribution >= 4 is 0 Å². The molecule has 0 radical (unpaired) electrons. The Hall–Kier alpha value is -0.860. The Morgan fingerprint density at radius 3 is 2.75 bits per heavy atom. The van der Waals surface area contributed by atoms with Crippen LogP contribution >= 0.6 is 0 Å². The van der Waals surface area contributed by atoms with Gasteiger partial charge in [-0.25, -0.2) is 0 Å². The third-order valence-electron chi connectivity index (χ3n) is 3.99. The first kappa shape index (κ1) is 15.5. The molecular formula is C18H29NO. The van der Waals surface area contributed by atoms with Crippen LogP contribution in [0.1, 0.15) is 64.2 Å². The number of nitrogens with one attached hydrogen (secondary N) is 1. The summed E-state index contributed by atoms with van der Waals surface area (Å²) in [6.45, 7) is 9.75. The fourth-order valence-electron chi connectivity index (χ4n) is 2.79. The zero-order valence-corrected chi connectivity index (χ0v) is 13.4. The number of hydrogen-bond donors (Lipinski definition) is 1. The zero-order chi connectivity index (χ0) is 14.6. The Bertz CT molecular complexity index is 422. The first-order chi connectivity index (χ1) is 9.49. The minimum atomic E-state index is 0.154. The molecule has 2 heteroatoms. The minimum absolute atomic E-state index is 0.154. The fraction of sp³-hybridized carbons (Fsp3) is 0.667. The summed E-state index contributed by atoms with van der Waals surface area (Å²) >= 11 is 0. The number of aryl methyl sites for hydroxylation is 1. The molecular weight excluding hydrogens is 246 g/mol. The molecule has 1 aromatic rings. The number of rotatable bonds is 5. The highest BCUT2D eigenvalue weighted by Gasteiger charge is 2.23. The largest absolute Gasteiger partial charge is 0.369 e. The molecule has 2 unspecified atom stereocenters. The summed E-state index contributed by atoms with van der Waals surface area (Å²) in [5.74, 6) is 0. The third kappa shape index (κ3) is 4.32. The first-order valence-corrected chi connectivity index (χ1v) is 7.98. The molecule has 1 N–H and O–H groups in total. The van der Waals surface area contributed by atoms with Gasteiger partial charge in [0, 0.05) is 12.1 Å². The predicted octanol–water partition coefficient (Wildman–Crippen LogP) is 4.25. The molecule has 0 fully saturated rings. The average molecular weight is 275 g/mol. The second kappa shape index (κ2) is 6.73. The van der Waals surface area contributed by atoms with E-state index in [-0.39, 0.29) is 11.6 Å². The van der Waals surface area contributed by atoms with Crippen LogP contribution in [0.25, 0.3) is 0 Å². The van der Waals surface area contributed by atoms with Crippen molar-refractivity contribution in [2.24, 2.45) is 0 Å². The summed E-state index contributed by atoms with van der Waals surface area (Å²) in [5.41, 5.74) is 3.04. The molecule has 1 aliphatic rings. The molecule has 0 heterocycles. The highest BCUT2D eigenvalue weighted by molar-refractivity contribution is 5.31. The molecule has 2 nitrogen and oxygen atoms in total. The van der Waals surface area contributed by atoms with Gasteiger partial charge in [-0.15, -0.1) is 0 Å². The second-order valence-electron chi connectivity index (χ2n) is 6.88. The number of benzene rings is 1. The molecule has 112 valence electrons. The van der Waals surface area contributed by atoms with E-state index >= 15 is 0 Å². The molecule has 0 aliphatic heterocycles. The van der Waals surface area contributed by atoms with Gasteiger partial charge in [0.2, 0.25) is 0 Å². The normalized spacial score (nSPS) is 20.5. The van der Waals surface area contributed by atoms with Gasteiger partial charge in [-0.2, -0.15) is 0 Å². The Labute approximate surface area is 123 Å².